The summed E-state index contributed by atoms with van der Waals surface area (Å²) in [7, 11) is -0.836. The molecule has 1 N–H and O–H groups in total. The molecule has 0 bridgehead atoms. The van der Waals surface area contributed by atoms with Crippen molar-refractivity contribution in [3.63, 3.8) is 0 Å². The molecule has 0 saturated carbocycles. The summed E-state index contributed by atoms with van der Waals surface area (Å²) in [6, 6.07) is 0.562. The lowest BCUT2D eigenvalue weighted by Gasteiger charge is -2.15. The number of hydrogen-bond donors (Lipinski definition) is 1. The molecular weight excluding hydrogens is 236 g/mol. The molecule has 0 radical (unpaired) electrons. The number of nitrogens with one attached hydrogen (secondary N) is 1. The number of nitrogens with zero attached hydrogens (tertiary/aromatic N) is 1. The van der Waals surface area contributed by atoms with Crippen LogP contribution in [0.4, 0.5) is 0 Å². The van der Waals surface area contributed by atoms with Crippen LogP contribution in [-0.2, 0) is 9.84 Å². The van der Waals surface area contributed by atoms with Crippen LogP contribution in [0.1, 0.15) is 33.1 Å². The van der Waals surface area contributed by atoms with Crippen molar-refractivity contribution in [3.8, 4) is 0 Å². The minimum absolute atomic E-state index is 0.262. The fourth-order valence-electron chi connectivity index (χ4n) is 1.51. The molecule has 5 heteroatoms. The van der Waals surface area contributed by atoms with Crippen LogP contribution in [0, 0.1) is 0 Å². The molecule has 104 valence electrons. The standard InChI is InChI=1S/C12H28N2O2S/c1-12(2)13-8-6-5-7-9-14(3)10-11-17(4,15)16/h12-13H,5-11H2,1-4H3. The Balaban J connectivity index is 3.36. The van der Waals surface area contributed by atoms with Crippen LogP contribution in [0.5, 0.6) is 0 Å². The molecule has 0 fully saturated rings. The molecule has 17 heavy (non-hydrogen) atoms. The van der Waals surface area contributed by atoms with Crippen molar-refractivity contribution in [3.05, 3.63) is 0 Å². The van der Waals surface area contributed by atoms with Crippen molar-refractivity contribution in [2.24, 2.45) is 0 Å². The lowest BCUT2D eigenvalue weighted by atomic mass is 10.2. The topological polar surface area (TPSA) is 49.4 Å². The van der Waals surface area contributed by atoms with Gasteiger partial charge in [-0.1, -0.05) is 20.3 Å². The average molecular weight is 264 g/mol. The van der Waals surface area contributed by atoms with Crippen LogP contribution < -0.4 is 5.32 Å². The maximum absolute atomic E-state index is 11.0. The molecule has 0 rings (SSSR count). The second-order valence-electron chi connectivity index (χ2n) is 5.10. The summed E-state index contributed by atoms with van der Waals surface area (Å²) in [6.45, 7) is 7.00. The van der Waals surface area contributed by atoms with E-state index in [1.54, 1.807) is 0 Å². The van der Waals surface area contributed by atoms with E-state index < -0.39 is 9.84 Å². The highest BCUT2D eigenvalue weighted by Crippen LogP contribution is 1.97. The van der Waals surface area contributed by atoms with Gasteiger partial charge in [-0.15, -0.1) is 0 Å². The van der Waals surface area contributed by atoms with Crippen LogP contribution in [0.3, 0.4) is 0 Å². The molecule has 0 aliphatic carbocycles. The SMILES string of the molecule is CC(C)NCCCCCN(C)CCS(C)(=O)=O. The molecule has 0 aromatic carbocycles. The fourth-order valence-corrected chi connectivity index (χ4v) is 2.15. The lowest BCUT2D eigenvalue weighted by Crippen LogP contribution is -2.26. The Morgan fingerprint density at radius 2 is 1.76 bits per heavy atom. The van der Waals surface area contributed by atoms with E-state index in [9.17, 15) is 8.42 Å². The first kappa shape index (κ1) is 16.9. The van der Waals surface area contributed by atoms with Gasteiger partial charge in [0.05, 0.1) is 5.75 Å². The third-order valence-corrected chi connectivity index (χ3v) is 3.54. The molecular formula is C12H28N2O2S. The average Bonchev–Trinajstić information content (AvgIpc) is 2.19. The molecule has 0 amide bonds. The van der Waals surface area contributed by atoms with Crippen molar-refractivity contribution in [1.29, 1.82) is 0 Å². The quantitative estimate of drug-likeness (QED) is 0.601. The van der Waals surface area contributed by atoms with Gasteiger partial charge in [0.15, 0.2) is 0 Å². The highest BCUT2D eigenvalue weighted by molar-refractivity contribution is 7.90. The van der Waals surface area contributed by atoms with Crippen molar-refractivity contribution < 1.29 is 8.42 Å². The van der Waals surface area contributed by atoms with Gasteiger partial charge in [0.1, 0.15) is 9.84 Å². The molecule has 0 heterocycles. The van der Waals surface area contributed by atoms with Crippen molar-refractivity contribution >= 4 is 9.84 Å². The minimum Gasteiger partial charge on any atom is -0.315 e. The zero-order chi connectivity index (χ0) is 13.3. The van der Waals surface area contributed by atoms with E-state index in [1.165, 1.54) is 19.1 Å². The van der Waals surface area contributed by atoms with Gasteiger partial charge in [0, 0.05) is 18.8 Å². The normalized spacial score (nSPS) is 12.6. The van der Waals surface area contributed by atoms with E-state index in [0.29, 0.717) is 12.6 Å². The predicted molar refractivity (Wildman–Crippen MR) is 74.2 cm³/mol. The summed E-state index contributed by atoms with van der Waals surface area (Å²) < 4.78 is 22.0. The summed E-state index contributed by atoms with van der Waals surface area (Å²) in [5.41, 5.74) is 0. The molecule has 0 unspecified atom stereocenters. The van der Waals surface area contributed by atoms with Crippen molar-refractivity contribution in [1.82, 2.24) is 10.2 Å². The smallest absolute Gasteiger partial charge is 0.148 e. The van der Waals surface area contributed by atoms with Gasteiger partial charge in [-0.25, -0.2) is 8.42 Å². The van der Waals surface area contributed by atoms with E-state index in [0.717, 1.165) is 19.5 Å². The van der Waals surface area contributed by atoms with Gasteiger partial charge in [0.25, 0.3) is 0 Å². The van der Waals surface area contributed by atoms with E-state index in [-0.39, 0.29) is 5.75 Å². The zero-order valence-corrected chi connectivity index (χ0v) is 12.5. The van der Waals surface area contributed by atoms with Gasteiger partial charge in [-0.05, 0) is 33.0 Å². The maximum atomic E-state index is 11.0. The summed E-state index contributed by atoms with van der Waals surface area (Å²) in [6.07, 6.45) is 4.82. The third kappa shape index (κ3) is 13.8. The first-order valence-electron chi connectivity index (χ1n) is 6.41. The molecule has 0 aromatic heterocycles. The lowest BCUT2D eigenvalue weighted by molar-refractivity contribution is 0.341. The predicted octanol–water partition coefficient (Wildman–Crippen LogP) is 1.13. The number of unbranched alkanes of at least 4 members (excludes halogenated alkanes) is 2. The van der Waals surface area contributed by atoms with Crippen LogP contribution >= 0.6 is 0 Å². The fraction of sp³-hybridized carbons (Fsp3) is 1.00. The Bertz CT molecular complexity index is 276. The van der Waals surface area contributed by atoms with Crippen molar-refractivity contribution in [2.45, 2.75) is 39.2 Å². The highest BCUT2D eigenvalue weighted by Gasteiger charge is 2.04. The van der Waals surface area contributed by atoms with E-state index in [4.69, 9.17) is 0 Å². The molecule has 0 saturated heterocycles. The molecule has 0 spiro atoms. The van der Waals surface area contributed by atoms with Gasteiger partial charge in [-0.3, -0.25) is 0 Å². The maximum Gasteiger partial charge on any atom is 0.148 e. The second-order valence-corrected chi connectivity index (χ2v) is 7.36. The Labute approximate surface area is 107 Å². The van der Waals surface area contributed by atoms with E-state index in [2.05, 4.69) is 24.1 Å². The van der Waals surface area contributed by atoms with Crippen molar-refractivity contribution in [2.75, 3.05) is 38.7 Å². The van der Waals surface area contributed by atoms with Gasteiger partial charge >= 0.3 is 0 Å². The minimum atomic E-state index is -2.82. The van der Waals surface area contributed by atoms with E-state index >= 15 is 0 Å². The first-order chi connectivity index (χ1) is 7.81. The largest absolute Gasteiger partial charge is 0.315 e. The molecule has 4 nitrogen and oxygen atoms in total. The molecule has 0 aliphatic heterocycles. The number of sulfone groups is 1. The summed E-state index contributed by atoms with van der Waals surface area (Å²) in [5, 5.41) is 3.39. The highest BCUT2D eigenvalue weighted by atomic mass is 32.2. The number of rotatable bonds is 10. The molecule has 0 aromatic rings. The van der Waals surface area contributed by atoms with Gasteiger partial charge < -0.3 is 10.2 Å². The Morgan fingerprint density at radius 1 is 1.12 bits per heavy atom. The summed E-state index contributed by atoms with van der Waals surface area (Å²) in [5.74, 6) is 0.262. The summed E-state index contributed by atoms with van der Waals surface area (Å²) in [4.78, 5) is 2.09. The van der Waals surface area contributed by atoms with E-state index in [1.807, 2.05) is 7.05 Å². The second kappa shape index (κ2) is 8.89. The van der Waals surface area contributed by atoms with Gasteiger partial charge in [-0.2, -0.15) is 0 Å². The monoisotopic (exact) mass is 264 g/mol. The van der Waals surface area contributed by atoms with Crippen LogP contribution in [0.2, 0.25) is 0 Å². The Kier molecular flexibility index (Phi) is 8.82. The number of hydrogen-bond acceptors (Lipinski definition) is 4. The first-order valence-corrected chi connectivity index (χ1v) is 8.47. The zero-order valence-electron chi connectivity index (χ0n) is 11.7. The van der Waals surface area contributed by atoms with Crippen LogP contribution in [0.15, 0.2) is 0 Å². The third-order valence-electron chi connectivity index (χ3n) is 2.61. The summed E-state index contributed by atoms with van der Waals surface area (Å²) >= 11 is 0. The van der Waals surface area contributed by atoms with Crippen LogP contribution in [0.25, 0.3) is 0 Å². The molecule has 0 atom stereocenters. The Hall–Kier alpha value is -0.130. The molecule has 0 aliphatic rings. The van der Waals surface area contributed by atoms with Crippen LogP contribution in [-0.4, -0.2) is 58.1 Å². The Morgan fingerprint density at radius 3 is 2.29 bits per heavy atom. The van der Waals surface area contributed by atoms with Gasteiger partial charge in [0.2, 0.25) is 0 Å².